The van der Waals surface area contributed by atoms with Crippen LogP contribution < -0.4 is 5.32 Å². The summed E-state index contributed by atoms with van der Waals surface area (Å²) < 4.78 is 1.80. The third kappa shape index (κ3) is 2.21. The molecule has 0 bridgehead atoms. The molecule has 0 saturated heterocycles. The Balaban J connectivity index is 2.10. The molecule has 80 valence electrons. The lowest BCUT2D eigenvalue weighted by molar-refractivity contribution is 0.767. The molecule has 2 rings (SSSR count). The van der Waals surface area contributed by atoms with Crippen molar-refractivity contribution in [1.29, 1.82) is 0 Å². The minimum atomic E-state index is 0.342. The van der Waals surface area contributed by atoms with Gasteiger partial charge in [-0.25, -0.2) is 0 Å². The predicted octanol–water partition coefficient (Wildman–Crippen LogP) is 2.96. The monoisotopic (exact) mass is 221 g/mol. The van der Waals surface area contributed by atoms with Crippen molar-refractivity contribution in [2.45, 2.75) is 19.9 Å². The topological polar surface area (TPSA) is 29.9 Å². The second-order valence-electron chi connectivity index (χ2n) is 3.74. The number of hydrogen-bond donors (Lipinski definition) is 1. The zero-order valence-electron chi connectivity index (χ0n) is 9.19. The molecular formula is C11H15N3S. The molecule has 4 heteroatoms. The highest BCUT2D eigenvalue weighted by Crippen LogP contribution is 2.26. The van der Waals surface area contributed by atoms with Crippen LogP contribution in [0.3, 0.4) is 0 Å². The van der Waals surface area contributed by atoms with Gasteiger partial charge in [-0.15, -0.1) is 11.3 Å². The molecule has 15 heavy (non-hydrogen) atoms. The van der Waals surface area contributed by atoms with Crippen molar-refractivity contribution in [2.75, 3.05) is 5.32 Å². The summed E-state index contributed by atoms with van der Waals surface area (Å²) in [6.07, 6.45) is 3.83. The SMILES string of the molecule is Cc1ccsc1[C@H](C)Nc1cnn(C)c1. The Morgan fingerprint density at radius 2 is 2.33 bits per heavy atom. The van der Waals surface area contributed by atoms with Gasteiger partial charge in [0, 0.05) is 18.1 Å². The van der Waals surface area contributed by atoms with Gasteiger partial charge in [-0.3, -0.25) is 4.68 Å². The van der Waals surface area contributed by atoms with Crippen LogP contribution in [0.4, 0.5) is 5.69 Å². The second-order valence-corrected chi connectivity index (χ2v) is 4.68. The van der Waals surface area contributed by atoms with Gasteiger partial charge in [0.15, 0.2) is 0 Å². The molecule has 0 unspecified atom stereocenters. The van der Waals surface area contributed by atoms with Crippen molar-refractivity contribution in [3.63, 3.8) is 0 Å². The van der Waals surface area contributed by atoms with Gasteiger partial charge in [0.25, 0.3) is 0 Å². The van der Waals surface area contributed by atoms with Crippen LogP contribution in [0.2, 0.25) is 0 Å². The Labute approximate surface area is 93.7 Å². The van der Waals surface area contributed by atoms with E-state index in [4.69, 9.17) is 0 Å². The van der Waals surface area contributed by atoms with E-state index >= 15 is 0 Å². The maximum absolute atomic E-state index is 4.13. The van der Waals surface area contributed by atoms with Crippen molar-refractivity contribution in [3.05, 3.63) is 34.3 Å². The van der Waals surface area contributed by atoms with Gasteiger partial charge < -0.3 is 5.32 Å². The molecular weight excluding hydrogens is 206 g/mol. The van der Waals surface area contributed by atoms with E-state index in [2.05, 4.69) is 35.7 Å². The van der Waals surface area contributed by atoms with E-state index in [-0.39, 0.29) is 0 Å². The maximum atomic E-state index is 4.13. The van der Waals surface area contributed by atoms with Crippen LogP contribution in [0.15, 0.2) is 23.8 Å². The number of aromatic nitrogens is 2. The van der Waals surface area contributed by atoms with Gasteiger partial charge in [0.05, 0.1) is 17.9 Å². The van der Waals surface area contributed by atoms with Gasteiger partial charge in [0.1, 0.15) is 0 Å². The van der Waals surface area contributed by atoms with Gasteiger partial charge in [-0.2, -0.15) is 5.10 Å². The van der Waals surface area contributed by atoms with Crippen LogP contribution in [-0.4, -0.2) is 9.78 Å². The number of aryl methyl sites for hydroxylation is 2. The summed E-state index contributed by atoms with van der Waals surface area (Å²) >= 11 is 1.79. The van der Waals surface area contributed by atoms with Crippen molar-refractivity contribution in [3.8, 4) is 0 Å². The molecule has 0 radical (unpaired) electrons. The first-order valence-electron chi connectivity index (χ1n) is 4.96. The smallest absolute Gasteiger partial charge is 0.0731 e. The third-order valence-corrected chi connectivity index (χ3v) is 3.58. The number of nitrogens with zero attached hydrogens (tertiary/aromatic N) is 2. The highest BCUT2D eigenvalue weighted by atomic mass is 32.1. The Morgan fingerprint density at radius 3 is 2.87 bits per heavy atom. The van der Waals surface area contributed by atoms with Gasteiger partial charge in [-0.05, 0) is 30.9 Å². The molecule has 1 atom stereocenters. The summed E-state index contributed by atoms with van der Waals surface area (Å²) in [7, 11) is 1.92. The molecule has 0 fully saturated rings. The fraction of sp³-hybridized carbons (Fsp3) is 0.364. The molecule has 0 amide bonds. The highest BCUT2D eigenvalue weighted by Gasteiger charge is 2.09. The molecule has 1 N–H and O–H groups in total. The minimum Gasteiger partial charge on any atom is -0.375 e. The molecule has 2 aromatic rings. The molecule has 2 aromatic heterocycles. The zero-order chi connectivity index (χ0) is 10.8. The number of hydrogen-bond acceptors (Lipinski definition) is 3. The highest BCUT2D eigenvalue weighted by molar-refractivity contribution is 7.10. The summed E-state index contributed by atoms with van der Waals surface area (Å²) in [5.74, 6) is 0. The van der Waals surface area contributed by atoms with Crippen LogP contribution in [0.25, 0.3) is 0 Å². The maximum Gasteiger partial charge on any atom is 0.0731 e. The van der Waals surface area contributed by atoms with E-state index in [1.807, 2.05) is 19.4 Å². The first-order valence-corrected chi connectivity index (χ1v) is 5.84. The van der Waals surface area contributed by atoms with E-state index in [9.17, 15) is 0 Å². The Kier molecular flexibility index (Phi) is 2.77. The van der Waals surface area contributed by atoms with Crippen LogP contribution in [0.1, 0.15) is 23.4 Å². The molecule has 3 nitrogen and oxygen atoms in total. The van der Waals surface area contributed by atoms with Gasteiger partial charge >= 0.3 is 0 Å². The summed E-state index contributed by atoms with van der Waals surface area (Å²) in [5, 5.41) is 9.70. The summed E-state index contributed by atoms with van der Waals surface area (Å²) in [4.78, 5) is 1.39. The first-order chi connectivity index (χ1) is 7.16. The lowest BCUT2D eigenvalue weighted by Crippen LogP contribution is -2.05. The quantitative estimate of drug-likeness (QED) is 0.863. The fourth-order valence-corrected chi connectivity index (χ4v) is 2.58. The van der Waals surface area contributed by atoms with Crippen molar-refractivity contribution in [2.24, 2.45) is 7.05 Å². The van der Waals surface area contributed by atoms with E-state index in [0.29, 0.717) is 6.04 Å². The lowest BCUT2D eigenvalue weighted by atomic mass is 10.2. The first kappa shape index (κ1) is 10.2. The predicted molar refractivity (Wildman–Crippen MR) is 64.3 cm³/mol. The number of rotatable bonds is 3. The zero-order valence-corrected chi connectivity index (χ0v) is 10.0. The molecule has 0 aliphatic carbocycles. The second kappa shape index (κ2) is 4.06. The standard InChI is InChI=1S/C11H15N3S/c1-8-4-5-15-11(8)9(2)13-10-6-12-14(3)7-10/h4-7,9,13H,1-3H3/t9-/m0/s1. The van der Waals surface area contributed by atoms with Crippen LogP contribution >= 0.6 is 11.3 Å². The van der Waals surface area contributed by atoms with Crippen LogP contribution in [0.5, 0.6) is 0 Å². The molecule has 0 aliphatic heterocycles. The summed E-state index contributed by atoms with van der Waals surface area (Å²) in [6.45, 7) is 4.32. The summed E-state index contributed by atoms with van der Waals surface area (Å²) in [6, 6.07) is 2.50. The molecule has 0 aliphatic rings. The van der Waals surface area contributed by atoms with Crippen molar-refractivity contribution < 1.29 is 0 Å². The molecule has 0 aromatic carbocycles. The average molecular weight is 221 g/mol. The Bertz CT molecular complexity index is 444. The lowest BCUT2D eigenvalue weighted by Gasteiger charge is -2.12. The van der Waals surface area contributed by atoms with E-state index < -0.39 is 0 Å². The van der Waals surface area contributed by atoms with Crippen molar-refractivity contribution >= 4 is 17.0 Å². The molecule has 0 spiro atoms. The Morgan fingerprint density at radius 1 is 1.53 bits per heavy atom. The minimum absolute atomic E-state index is 0.342. The summed E-state index contributed by atoms with van der Waals surface area (Å²) in [5.41, 5.74) is 2.42. The molecule has 2 heterocycles. The van der Waals surface area contributed by atoms with Crippen LogP contribution in [0, 0.1) is 6.92 Å². The Hall–Kier alpha value is -1.29. The van der Waals surface area contributed by atoms with E-state index in [0.717, 1.165) is 5.69 Å². The largest absolute Gasteiger partial charge is 0.375 e. The third-order valence-electron chi connectivity index (χ3n) is 2.38. The normalized spacial score (nSPS) is 12.7. The molecule has 0 saturated carbocycles. The average Bonchev–Trinajstić information content (AvgIpc) is 2.75. The number of nitrogens with one attached hydrogen (secondary N) is 1. The fourth-order valence-electron chi connectivity index (χ4n) is 1.64. The van der Waals surface area contributed by atoms with E-state index in [1.54, 1.807) is 16.0 Å². The van der Waals surface area contributed by atoms with Gasteiger partial charge in [-0.1, -0.05) is 0 Å². The van der Waals surface area contributed by atoms with E-state index in [1.165, 1.54) is 10.4 Å². The van der Waals surface area contributed by atoms with Crippen molar-refractivity contribution in [1.82, 2.24) is 9.78 Å². The van der Waals surface area contributed by atoms with Gasteiger partial charge in [0.2, 0.25) is 0 Å². The van der Waals surface area contributed by atoms with Crippen LogP contribution in [-0.2, 0) is 7.05 Å². The number of thiophene rings is 1. The number of anilines is 1.